The van der Waals surface area contributed by atoms with Crippen LogP contribution in [0.1, 0.15) is 23.8 Å². The molecule has 1 saturated heterocycles. The zero-order valence-corrected chi connectivity index (χ0v) is 11.9. The van der Waals surface area contributed by atoms with Gasteiger partial charge >= 0.3 is 5.97 Å². The number of nitrogens with two attached hydrogens (primary N) is 1. The first kappa shape index (κ1) is 14.8. The summed E-state index contributed by atoms with van der Waals surface area (Å²) in [6.07, 6.45) is 2.20. The van der Waals surface area contributed by atoms with Crippen molar-refractivity contribution < 1.29 is 14.7 Å². The largest absolute Gasteiger partial charge is 0.480 e. The van der Waals surface area contributed by atoms with Crippen LogP contribution in [0.3, 0.4) is 0 Å². The number of carboxylic acids is 1. The molecule has 0 aliphatic carbocycles. The number of amides is 1. The summed E-state index contributed by atoms with van der Waals surface area (Å²) in [5, 5.41) is 16.7. The number of rotatable bonds is 5. The Bertz CT molecular complexity index is 506. The zero-order valence-electron chi connectivity index (χ0n) is 11.1. The molecule has 2 unspecified atom stereocenters. The summed E-state index contributed by atoms with van der Waals surface area (Å²) in [6, 6.07) is -0.808. The van der Waals surface area contributed by atoms with Gasteiger partial charge in [0.25, 0.3) is 5.91 Å². The summed E-state index contributed by atoms with van der Waals surface area (Å²) in [7, 11) is 0. The molecule has 2 rings (SSSR count). The summed E-state index contributed by atoms with van der Waals surface area (Å²) in [6.45, 7) is 2.79. The smallest absolute Gasteiger partial charge is 0.327 e. The molecule has 0 radical (unpaired) electrons. The SMILES string of the molecule is CCC1SCC(C(=O)O)N1C(=O)c1cn(CCN)nn1. The normalized spacial score (nSPS) is 22.2. The van der Waals surface area contributed by atoms with E-state index in [9.17, 15) is 14.7 Å². The molecule has 0 spiro atoms. The van der Waals surface area contributed by atoms with Crippen molar-refractivity contribution in [2.24, 2.45) is 5.73 Å². The van der Waals surface area contributed by atoms with E-state index < -0.39 is 17.9 Å². The molecule has 1 amide bonds. The first-order chi connectivity index (χ1) is 9.58. The number of aliphatic carboxylic acids is 1. The third kappa shape index (κ3) is 2.78. The van der Waals surface area contributed by atoms with Crippen molar-refractivity contribution in [1.29, 1.82) is 0 Å². The van der Waals surface area contributed by atoms with Gasteiger partial charge in [0, 0.05) is 12.3 Å². The lowest BCUT2D eigenvalue weighted by Crippen LogP contribution is -2.45. The third-order valence-electron chi connectivity index (χ3n) is 3.08. The average Bonchev–Trinajstić information content (AvgIpc) is 3.04. The monoisotopic (exact) mass is 299 g/mol. The maximum absolute atomic E-state index is 12.5. The lowest BCUT2D eigenvalue weighted by atomic mass is 10.2. The predicted octanol–water partition coefficient (Wildman–Crippen LogP) is -0.385. The molecule has 110 valence electrons. The molecule has 3 N–H and O–H groups in total. The van der Waals surface area contributed by atoms with Gasteiger partial charge in [-0.3, -0.25) is 9.48 Å². The molecule has 8 nitrogen and oxygen atoms in total. The van der Waals surface area contributed by atoms with Gasteiger partial charge in [0.15, 0.2) is 5.69 Å². The quantitative estimate of drug-likeness (QED) is 0.761. The van der Waals surface area contributed by atoms with Crippen LogP contribution in [-0.4, -0.2) is 60.6 Å². The van der Waals surface area contributed by atoms with Gasteiger partial charge in [-0.1, -0.05) is 12.1 Å². The first-order valence-electron chi connectivity index (χ1n) is 6.35. The van der Waals surface area contributed by atoms with E-state index in [1.807, 2.05) is 6.92 Å². The second-order valence-corrected chi connectivity index (χ2v) is 5.63. The van der Waals surface area contributed by atoms with Gasteiger partial charge in [0.05, 0.1) is 18.1 Å². The molecule has 1 fully saturated rings. The highest BCUT2D eigenvalue weighted by atomic mass is 32.2. The number of thioether (sulfide) groups is 1. The summed E-state index contributed by atoms with van der Waals surface area (Å²) in [5.41, 5.74) is 5.57. The number of hydrogen-bond acceptors (Lipinski definition) is 6. The molecular weight excluding hydrogens is 282 g/mol. The predicted molar refractivity (Wildman–Crippen MR) is 73.2 cm³/mol. The van der Waals surface area contributed by atoms with E-state index in [2.05, 4.69) is 10.3 Å². The maximum Gasteiger partial charge on any atom is 0.327 e. The van der Waals surface area contributed by atoms with E-state index in [-0.39, 0.29) is 11.1 Å². The van der Waals surface area contributed by atoms with Crippen molar-refractivity contribution in [2.75, 3.05) is 12.3 Å². The molecule has 20 heavy (non-hydrogen) atoms. The molecule has 1 aromatic rings. The molecular formula is C11H17N5O3S. The fourth-order valence-corrected chi connectivity index (χ4v) is 3.46. The van der Waals surface area contributed by atoms with E-state index in [0.717, 1.165) is 0 Å². The molecule has 0 saturated carbocycles. The number of hydrogen-bond donors (Lipinski definition) is 2. The minimum atomic E-state index is -0.990. The minimum absolute atomic E-state index is 0.136. The zero-order chi connectivity index (χ0) is 14.7. The van der Waals surface area contributed by atoms with Crippen LogP contribution in [0, 0.1) is 0 Å². The number of carbonyl (C=O) groups is 2. The molecule has 0 aromatic carbocycles. The lowest BCUT2D eigenvalue weighted by Gasteiger charge is -2.25. The van der Waals surface area contributed by atoms with Crippen LogP contribution in [0.5, 0.6) is 0 Å². The number of nitrogens with zero attached hydrogens (tertiary/aromatic N) is 4. The Balaban J connectivity index is 2.21. The fourth-order valence-electron chi connectivity index (χ4n) is 2.11. The molecule has 1 aromatic heterocycles. The van der Waals surface area contributed by atoms with Gasteiger partial charge in [-0.2, -0.15) is 0 Å². The highest BCUT2D eigenvalue weighted by Crippen LogP contribution is 2.32. The summed E-state index contributed by atoms with van der Waals surface area (Å²) in [5.74, 6) is -0.982. The third-order valence-corrected chi connectivity index (χ3v) is 4.53. The van der Waals surface area contributed by atoms with Crippen LogP contribution in [-0.2, 0) is 11.3 Å². The van der Waals surface area contributed by atoms with Crippen molar-refractivity contribution in [3.05, 3.63) is 11.9 Å². The van der Waals surface area contributed by atoms with Crippen LogP contribution in [0.2, 0.25) is 0 Å². The topological polar surface area (TPSA) is 114 Å². The maximum atomic E-state index is 12.5. The Kier molecular flexibility index (Phi) is 4.61. The van der Waals surface area contributed by atoms with Crippen LogP contribution >= 0.6 is 11.8 Å². The Morgan fingerprint density at radius 3 is 2.95 bits per heavy atom. The van der Waals surface area contributed by atoms with E-state index in [1.54, 1.807) is 0 Å². The molecule has 2 atom stereocenters. The Morgan fingerprint density at radius 1 is 1.60 bits per heavy atom. The standard InChI is InChI=1S/C11H17N5O3S/c1-2-9-16(8(6-20-9)11(18)19)10(17)7-5-15(4-3-12)14-13-7/h5,8-9H,2-4,6,12H2,1H3,(H,18,19). The van der Waals surface area contributed by atoms with Gasteiger partial charge in [-0.15, -0.1) is 16.9 Å². The number of carbonyl (C=O) groups excluding carboxylic acids is 1. The lowest BCUT2D eigenvalue weighted by molar-refractivity contribution is -0.141. The van der Waals surface area contributed by atoms with Gasteiger partial charge in [0.1, 0.15) is 6.04 Å². The minimum Gasteiger partial charge on any atom is -0.480 e. The average molecular weight is 299 g/mol. The van der Waals surface area contributed by atoms with Crippen molar-refractivity contribution in [2.45, 2.75) is 31.3 Å². The van der Waals surface area contributed by atoms with Crippen molar-refractivity contribution in [3.63, 3.8) is 0 Å². The van der Waals surface area contributed by atoms with Gasteiger partial charge in [0.2, 0.25) is 0 Å². The van der Waals surface area contributed by atoms with Gasteiger partial charge < -0.3 is 15.7 Å². The highest BCUT2D eigenvalue weighted by Gasteiger charge is 2.41. The van der Waals surface area contributed by atoms with Crippen molar-refractivity contribution in [1.82, 2.24) is 19.9 Å². The molecule has 2 heterocycles. The van der Waals surface area contributed by atoms with Crippen LogP contribution < -0.4 is 5.73 Å². The van der Waals surface area contributed by atoms with Gasteiger partial charge in [-0.25, -0.2) is 4.79 Å². The van der Waals surface area contributed by atoms with Crippen molar-refractivity contribution >= 4 is 23.6 Å². The Hall–Kier alpha value is -1.61. The number of aromatic nitrogens is 3. The van der Waals surface area contributed by atoms with E-state index >= 15 is 0 Å². The Morgan fingerprint density at radius 2 is 2.35 bits per heavy atom. The summed E-state index contributed by atoms with van der Waals surface area (Å²) in [4.78, 5) is 25.1. The number of carboxylic acid groups (broad SMARTS) is 1. The van der Waals surface area contributed by atoms with E-state index in [1.165, 1.54) is 27.5 Å². The summed E-state index contributed by atoms with van der Waals surface area (Å²) >= 11 is 1.48. The van der Waals surface area contributed by atoms with E-state index in [0.29, 0.717) is 25.3 Å². The van der Waals surface area contributed by atoms with Gasteiger partial charge in [-0.05, 0) is 6.42 Å². The molecule has 9 heteroatoms. The molecule has 0 bridgehead atoms. The molecule has 1 aliphatic heterocycles. The van der Waals surface area contributed by atoms with Crippen LogP contribution in [0.25, 0.3) is 0 Å². The first-order valence-corrected chi connectivity index (χ1v) is 7.40. The summed E-state index contributed by atoms with van der Waals surface area (Å²) < 4.78 is 1.48. The van der Waals surface area contributed by atoms with Crippen LogP contribution in [0.15, 0.2) is 6.20 Å². The highest BCUT2D eigenvalue weighted by molar-refractivity contribution is 8.00. The fraction of sp³-hybridized carbons (Fsp3) is 0.636. The second kappa shape index (κ2) is 6.23. The second-order valence-electron chi connectivity index (χ2n) is 4.42. The van der Waals surface area contributed by atoms with Crippen LogP contribution in [0.4, 0.5) is 0 Å². The molecule has 1 aliphatic rings. The van der Waals surface area contributed by atoms with E-state index in [4.69, 9.17) is 5.73 Å². The van der Waals surface area contributed by atoms with Crippen molar-refractivity contribution in [3.8, 4) is 0 Å². The Labute approximate surface area is 120 Å².